The Morgan fingerprint density at radius 2 is 1.03 bits per heavy atom. The van der Waals surface area contributed by atoms with Gasteiger partial charge in [-0.25, -0.2) is 0 Å². The summed E-state index contributed by atoms with van der Waals surface area (Å²) in [6.45, 7) is 6.56. The normalized spacial score (nSPS) is 10.5. The summed E-state index contributed by atoms with van der Waals surface area (Å²) in [6, 6.07) is 0. The van der Waals surface area contributed by atoms with E-state index in [4.69, 9.17) is 19.9 Å². The summed E-state index contributed by atoms with van der Waals surface area (Å²) in [4.78, 5) is 11.9. The molecule has 0 aliphatic carbocycles. The van der Waals surface area contributed by atoms with Gasteiger partial charge in [-0.05, 0) is 31.1 Å². The van der Waals surface area contributed by atoms with Gasteiger partial charge in [-0.3, -0.25) is 4.79 Å². The molecule has 0 spiro atoms. The number of nitrogens with two attached hydrogens (primary N) is 1. The van der Waals surface area contributed by atoms with Crippen molar-refractivity contribution in [1.82, 2.24) is 5.32 Å². The first-order valence-electron chi connectivity index (χ1n) is 16.0. The van der Waals surface area contributed by atoms with Gasteiger partial charge in [-0.2, -0.15) is 0 Å². The molecule has 6 nitrogen and oxygen atoms in total. The van der Waals surface area contributed by atoms with Crippen molar-refractivity contribution in [3.63, 3.8) is 0 Å². The molecule has 0 aliphatic rings. The highest BCUT2D eigenvalue weighted by molar-refractivity contribution is 5.75. The maximum absolute atomic E-state index is 11.9. The van der Waals surface area contributed by atoms with Crippen molar-refractivity contribution in [1.29, 1.82) is 0 Å². The van der Waals surface area contributed by atoms with Crippen molar-refractivity contribution in [2.75, 3.05) is 52.7 Å². The molecule has 0 aromatic heterocycles. The van der Waals surface area contributed by atoms with Crippen LogP contribution in [0, 0.1) is 23.7 Å². The Morgan fingerprint density at radius 1 is 0.590 bits per heavy atom. The van der Waals surface area contributed by atoms with Gasteiger partial charge in [0.2, 0.25) is 5.91 Å². The minimum atomic E-state index is 0.108. The first-order valence-corrected chi connectivity index (χ1v) is 16.0. The third-order valence-electron chi connectivity index (χ3n) is 6.42. The molecule has 0 atom stereocenters. The molecule has 0 fully saturated rings. The highest BCUT2D eigenvalue weighted by Crippen LogP contribution is 2.11. The van der Waals surface area contributed by atoms with Crippen LogP contribution in [0.15, 0.2) is 0 Å². The molecule has 0 rings (SSSR count). The van der Waals surface area contributed by atoms with E-state index in [0.717, 1.165) is 32.1 Å². The van der Waals surface area contributed by atoms with Crippen LogP contribution in [0.1, 0.15) is 129 Å². The number of unbranched alkanes of at least 4 members (excludes halogenated alkanes) is 16. The van der Waals surface area contributed by atoms with Gasteiger partial charge >= 0.3 is 0 Å². The van der Waals surface area contributed by atoms with E-state index in [1.54, 1.807) is 0 Å². The lowest BCUT2D eigenvalue weighted by Crippen LogP contribution is -2.27. The topological polar surface area (TPSA) is 82.8 Å². The molecule has 0 radical (unpaired) electrons. The second-order valence-electron chi connectivity index (χ2n) is 10.1. The van der Waals surface area contributed by atoms with Crippen molar-refractivity contribution < 1.29 is 19.0 Å². The second kappa shape index (κ2) is 34.5. The lowest BCUT2D eigenvalue weighted by Gasteiger charge is -2.07. The molecule has 3 N–H and O–H groups in total. The fraction of sp³-hybridized carbons (Fsp3) is 0.848. The van der Waals surface area contributed by atoms with Gasteiger partial charge in [0.05, 0.1) is 39.6 Å². The number of ether oxygens (including phenoxy) is 3. The molecule has 1 amide bonds. The zero-order valence-electron chi connectivity index (χ0n) is 25.3. The maximum atomic E-state index is 11.9. The molecule has 0 saturated carbocycles. The van der Waals surface area contributed by atoms with Crippen LogP contribution in [0.25, 0.3) is 0 Å². The Kier molecular flexibility index (Phi) is 33.1. The number of hydrogen-bond acceptors (Lipinski definition) is 5. The van der Waals surface area contributed by atoms with E-state index in [9.17, 15) is 4.79 Å². The van der Waals surface area contributed by atoms with Crippen molar-refractivity contribution in [2.45, 2.75) is 129 Å². The summed E-state index contributed by atoms with van der Waals surface area (Å²) in [5.74, 6) is 12.5. The SMILES string of the molecule is CCCCCCCCCCCCC#CC#CCCCCCCCCC(=O)NCCOCCOCCOCCN. The van der Waals surface area contributed by atoms with Crippen LogP contribution < -0.4 is 11.1 Å². The summed E-state index contributed by atoms with van der Waals surface area (Å²) in [5.41, 5.74) is 5.33. The number of nitrogens with one attached hydrogen (secondary N) is 1. The predicted octanol–water partition coefficient (Wildman–Crippen LogP) is 6.55. The third kappa shape index (κ3) is 34.4. The van der Waals surface area contributed by atoms with Gasteiger partial charge in [-0.15, -0.1) is 0 Å². The largest absolute Gasteiger partial charge is 0.378 e. The maximum Gasteiger partial charge on any atom is 0.220 e. The van der Waals surface area contributed by atoms with Crippen molar-refractivity contribution >= 4 is 5.91 Å². The molecule has 0 aliphatic heterocycles. The predicted molar refractivity (Wildman–Crippen MR) is 163 cm³/mol. The van der Waals surface area contributed by atoms with Gasteiger partial charge in [0.15, 0.2) is 0 Å². The first-order chi connectivity index (χ1) is 19.3. The van der Waals surface area contributed by atoms with E-state index < -0.39 is 0 Å². The van der Waals surface area contributed by atoms with E-state index in [0.29, 0.717) is 59.2 Å². The van der Waals surface area contributed by atoms with E-state index in [2.05, 4.69) is 35.9 Å². The van der Waals surface area contributed by atoms with Crippen LogP contribution in [0.4, 0.5) is 0 Å². The smallest absolute Gasteiger partial charge is 0.220 e. The number of hydrogen-bond donors (Lipinski definition) is 2. The molecule has 39 heavy (non-hydrogen) atoms. The molecule has 0 unspecified atom stereocenters. The highest BCUT2D eigenvalue weighted by Gasteiger charge is 2.00. The number of carbonyl (C=O) groups excluding carboxylic acids is 1. The summed E-state index contributed by atoms with van der Waals surface area (Å²) < 4.78 is 16.0. The Morgan fingerprint density at radius 3 is 1.54 bits per heavy atom. The molecular weight excluding hydrogens is 488 g/mol. The number of amides is 1. The van der Waals surface area contributed by atoms with Crippen LogP contribution in [-0.4, -0.2) is 58.6 Å². The minimum absolute atomic E-state index is 0.108. The van der Waals surface area contributed by atoms with Crippen molar-refractivity contribution in [2.24, 2.45) is 5.73 Å². The fourth-order valence-corrected chi connectivity index (χ4v) is 4.10. The molecular formula is C33H60N2O4. The zero-order valence-corrected chi connectivity index (χ0v) is 25.3. The summed E-state index contributed by atoms with van der Waals surface area (Å²) in [7, 11) is 0. The lowest BCUT2D eigenvalue weighted by atomic mass is 10.1. The highest BCUT2D eigenvalue weighted by atomic mass is 16.5. The van der Waals surface area contributed by atoms with E-state index in [1.165, 1.54) is 83.5 Å². The summed E-state index contributed by atoms with van der Waals surface area (Å²) in [6.07, 6.45) is 22.9. The molecule has 0 bridgehead atoms. The van der Waals surface area contributed by atoms with Crippen molar-refractivity contribution in [3.8, 4) is 23.7 Å². The number of carbonyl (C=O) groups is 1. The average Bonchev–Trinajstić information content (AvgIpc) is 2.94. The zero-order chi connectivity index (χ0) is 28.3. The standard InChI is InChI=1S/C33H60N2O4/c1-2-3-4-5-6-7-8-9-10-11-12-13-14-15-16-17-18-19-20-21-22-23-24-33(36)35-26-28-38-30-32-39-31-29-37-27-25-34/h2-12,17-32,34H2,1H3,(H,35,36). The third-order valence-corrected chi connectivity index (χ3v) is 6.42. The van der Waals surface area contributed by atoms with Gasteiger partial charge in [-0.1, -0.05) is 102 Å². The second-order valence-corrected chi connectivity index (χ2v) is 10.1. The van der Waals surface area contributed by atoms with Crippen molar-refractivity contribution in [3.05, 3.63) is 0 Å². The molecule has 0 heterocycles. The molecule has 6 heteroatoms. The van der Waals surface area contributed by atoms with E-state index >= 15 is 0 Å². The van der Waals surface area contributed by atoms with Crippen LogP contribution in [0.2, 0.25) is 0 Å². The van der Waals surface area contributed by atoms with Gasteiger partial charge in [0.1, 0.15) is 0 Å². The molecule has 0 aromatic carbocycles. The van der Waals surface area contributed by atoms with E-state index in [-0.39, 0.29) is 5.91 Å². The Labute approximate surface area is 241 Å². The Bertz CT molecular complexity index is 633. The van der Waals surface area contributed by atoms with Gasteiger partial charge < -0.3 is 25.3 Å². The Balaban J connectivity index is 3.29. The van der Waals surface area contributed by atoms with E-state index in [1.807, 2.05) is 0 Å². The monoisotopic (exact) mass is 548 g/mol. The van der Waals surface area contributed by atoms with Gasteiger partial charge in [0, 0.05) is 32.4 Å². The molecule has 0 saturated heterocycles. The minimum Gasteiger partial charge on any atom is -0.378 e. The van der Waals surface area contributed by atoms with Crippen LogP contribution in [-0.2, 0) is 19.0 Å². The Hall–Kier alpha value is -1.57. The first kappa shape index (κ1) is 37.4. The average molecular weight is 549 g/mol. The molecule has 226 valence electrons. The van der Waals surface area contributed by atoms with Gasteiger partial charge in [0.25, 0.3) is 0 Å². The van der Waals surface area contributed by atoms with Crippen LogP contribution in [0.3, 0.4) is 0 Å². The lowest BCUT2D eigenvalue weighted by molar-refractivity contribution is -0.121. The number of rotatable bonds is 29. The summed E-state index contributed by atoms with van der Waals surface area (Å²) in [5, 5.41) is 2.91. The van der Waals surface area contributed by atoms with Crippen LogP contribution >= 0.6 is 0 Å². The fourth-order valence-electron chi connectivity index (χ4n) is 4.10. The molecule has 0 aromatic rings. The van der Waals surface area contributed by atoms with Crippen LogP contribution in [0.5, 0.6) is 0 Å². The quantitative estimate of drug-likeness (QED) is 0.0818. The summed E-state index contributed by atoms with van der Waals surface area (Å²) >= 11 is 0.